The van der Waals surface area contributed by atoms with Gasteiger partial charge in [0, 0.05) is 48.9 Å². The van der Waals surface area contributed by atoms with Crippen LogP contribution in [0.25, 0.3) is 17.0 Å². The highest BCUT2D eigenvalue weighted by Crippen LogP contribution is 2.30. The standard InChI is InChI=1S/C19H18FN7O/c1-11-21-19-22-12(8-17(28)27(19)25-11)9-26-7-6-16-14(10-26)18(24-23-16)13-4-2-3-5-15(13)20/h2-5,8H,6-7,9-10H2,1H3,(H,23,24)(H,21,22,25). The molecule has 1 aromatic carbocycles. The Morgan fingerprint density at radius 1 is 1.25 bits per heavy atom. The first-order valence-corrected chi connectivity index (χ1v) is 9.07. The summed E-state index contributed by atoms with van der Waals surface area (Å²) in [5.74, 6) is 0.716. The molecule has 2 N–H and O–H groups in total. The second kappa shape index (κ2) is 6.38. The lowest BCUT2D eigenvalue weighted by Crippen LogP contribution is -2.31. The topological polar surface area (TPSA) is 95.0 Å². The van der Waals surface area contributed by atoms with E-state index in [2.05, 4.69) is 30.2 Å². The largest absolute Gasteiger partial charge is 0.293 e. The summed E-state index contributed by atoms with van der Waals surface area (Å²) in [5.41, 5.74) is 3.63. The smallest absolute Gasteiger partial charge is 0.274 e. The molecule has 28 heavy (non-hydrogen) atoms. The van der Waals surface area contributed by atoms with Gasteiger partial charge in [0.15, 0.2) is 0 Å². The van der Waals surface area contributed by atoms with Crippen molar-refractivity contribution in [2.75, 3.05) is 6.54 Å². The van der Waals surface area contributed by atoms with Gasteiger partial charge < -0.3 is 0 Å². The lowest BCUT2D eigenvalue weighted by molar-refractivity contribution is 0.242. The van der Waals surface area contributed by atoms with Crippen LogP contribution in [-0.4, -0.2) is 41.2 Å². The minimum atomic E-state index is -0.289. The van der Waals surface area contributed by atoms with Gasteiger partial charge in [-0.05, 0) is 19.1 Å². The normalized spacial score (nSPS) is 14.5. The number of nitrogens with one attached hydrogen (secondary N) is 2. The van der Waals surface area contributed by atoms with Gasteiger partial charge in [-0.3, -0.25) is 19.9 Å². The van der Waals surface area contributed by atoms with Crippen LogP contribution in [0.15, 0.2) is 35.1 Å². The highest BCUT2D eigenvalue weighted by atomic mass is 19.1. The maximum Gasteiger partial charge on any atom is 0.274 e. The monoisotopic (exact) mass is 379 g/mol. The Bertz CT molecular complexity index is 1240. The number of aryl methyl sites for hydroxylation is 1. The minimum absolute atomic E-state index is 0.186. The number of fused-ring (bicyclic) bond motifs is 2. The Balaban J connectivity index is 1.44. The Morgan fingerprint density at radius 3 is 2.96 bits per heavy atom. The SMILES string of the molecule is Cc1nc2nc(CN3CCc4[nH]nc(-c5ccccc5F)c4C3)cc(=O)n2[nH]1. The maximum absolute atomic E-state index is 14.2. The van der Waals surface area contributed by atoms with Crippen molar-refractivity contribution in [3.8, 4) is 11.3 Å². The van der Waals surface area contributed by atoms with Crippen molar-refractivity contribution in [1.29, 1.82) is 0 Å². The van der Waals surface area contributed by atoms with Crippen LogP contribution in [0.2, 0.25) is 0 Å². The Labute approximate surface area is 159 Å². The van der Waals surface area contributed by atoms with Crippen molar-refractivity contribution in [3.63, 3.8) is 0 Å². The highest BCUT2D eigenvalue weighted by molar-refractivity contribution is 5.64. The Morgan fingerprint density at radius 2 is 2.11 bits per heavy atom. The molecule has 0 radical (unpaired) electrons. The molecule has 1 aliphatic heterocycles. The predicted octanol–water partition coefficient (Wildman–Crippen LogP) is 1.81. The van der Waals surface area contributed by atoms with Crippen LogP contribution in [-0.2, 0) is 19.5 Å². The molecule has 8 nitrogen and oxygen atoms in total. The molecule has 4 heterocycles. The summed E-state index contributed by atoms with van der Waals surface area (Å²) in [4.78, 5) is 23.2. The first-order chi connectivity index (χ1) is 13.6. The van der Waals surface area contributed by atoms with Crippen molar-refractivity contribution >= 4 is 5.78 Å². The number of rotatable bonds is 3. The van der Waals surface area contributed by atoms with E-state index in [1.807, 2.05) is 0 Å². The van der Waals surface area contributed by atoms with Crippen molar-refractivity contribution in [2.45, 2.75) is 26.4 Å². The fraction of sp³-hybridized carbons (Fsp3) is 0.263. The van der Waals surface area contributed by atoms with Gasteiger partial charge in [0.2, 0.25) is 0 Å². The molecule has 0 atom stereocenters. The maximum atomic E-state index is 14.2. The highest BCUT2D eigenvalue weighted by Gasteiger charge is 2.24. The fourth-order valence-corrected chi connectivity index (χ4v) is 3.71. The average Bonchev–Trinajstić information content (AvgIpc) is 3.25. The zero-order valence-electron chi connectivity index (χ0n) is 15.2. The third kappa shape index (κ3) is 2.80. The van der Waals surface area contributed by atoms with Gasteiger partial charge in [-0.15, -0.1) is 0 Å². The molecule has 0 bridgehead atoms. The van der Waals surface area contributed by atoms with E-state index in [-0.39, 0.29) is 11.4 Å². The second-order valence-electron chi connectivity index (χ2n) is 7.00. The third-order valence-corrected chi connectivity index (χ3v) is 5.02. The van der Waals surface area contributed by atoms with Crippen LogP contribution in [0.4, 0.5) is 4.39 Å². The molecule has 9 heteroatoms. The number of aromatic nitrogens is 6. The van der Waals surface area contributed by atoms with Crippen molar-refractivity contribution < 1.29 is 4.39 Å². The van der Waals surface area contributed by atoms with Crippen LogP contribution < -0.4 is 5.56 Å². The summed E-state index contributed by atoms with van der Waals surface area (Å²) in [6.07, 6.45) is 0.777. The molecule has 0 spiro atoms. The molecule has 4 aromatic rings. The molecule has 3 aromatic heterocycles. The van der Waals surface area contributed by atoms with E-state index in [0.29, 0.717) is 41.6 Å². The number of hydrogen-bond donors (Lipinski definition) is 2. The van der Waals surface area contributed by atoms with Crippen LogP contribution >= 0.6 is 0 Å². The summed E-state index contributed by atoms with van der Waals surface area (Å²) < 4.78 is 15.6. The first kappa shape index (κ1) is 16.8. The number of nitrogens with zero attached hydrogens (tertiary/aromatic N) is 5. The van der Waals surface area contributed by atoms with Crippen molar-refractivity contribution in [3.05, 3.63) is 69.3 Å². The van der Waals surface area contributed by atoms with Crippen LogP contribution in [0.3, 0.4) is 0 Å². The molecule has 0 fully saturated rings. The summed E-state index contributed by atoms with van der Waals surface area (Å²) in [5, 5.41) is 10.3. The third-order valence-electron chi connectivity index (χ3n) is 5.02. The van der Waals surface area contributed by atoms with Gasteiger partial charge >= 0.3 is 0 Å². The molecule has 142 valence electrons. The van der Waals surface area contributed by atoms with Gasteiger partial charge in [0.25, 0.3) is 11.3 Å². The Hall–Kier alpha value is -3.33. The quantitative estimate of drug-likeness (QED) is 0.566. The van der Waals surface area contributed by atoms with E-state index >= 15 is 0 Å². The second-order valence-corrected chi connectivity index (χ2v) is 7.00. The summed E-state index contributed by atoms with van der Waals surface area (Å²) in [7, 11) is 0. The molecule has 0 unspecified atom stereocenters. The lowest BCUT2D eigenvalue weighted by atomic mass is 10.0. The van der Waals surface area contributed by atoms with E-state index < -0.39 is 0 Å². The molecule has 0 amide bonds. The molecule has 0 saturated heterocycles. The predicted molar refractivity (Wildman–Crippen MR) is 100 cm³/mol. The van der Waals surface area contributed by atoms with Gasteiger partial charge in [-0.25, -0.2) is 9.37 Å². The summed E-state index contributed by atoms with van der Waals surface area (Å²) >= 11 is 0. The van der Waals surface area contributed by atoms with E-state index in [1.54, 1.807) is 25.1 Å². The van der Waals surface area contributed by atoms with Gasteiger partial charge in [0.05, 0.1) is 11.4 Å². The van der Waals surface area contributed by atoms with E-state index in [9.17, 15) is 9.18 Å². The number of aromatic amines is 2. The van der Waals surface area contributed by atoms with E-state index in [0.717, 1.165) is 24.2 Å². The zero-order chi connectivity index (χ0) is 19.3. The number of benzene rings is 1. The summed E-state index contributed by atoms with van der Waals surface area (Å²) in [6.45, 7) is 3.70. The van der Waals surface area contributed by atoms with Gasteiger partial charge in [0.1, 0.15) is 11.6 Å². The van der Waals surface area contributed by atoms with Crippen molar-refractivity contribution in [2.24, 2.45) is 0 Å². The molecular weight excluding hydrogens is 361 g/mol. The zero-order valence-corrected chi connectivity index (χ0v) is 15.2. The molecule has 0 aliphatic carbocycles. The molecule has 0 saturated carbocycles. The van der Waals surface area contributed by atoms with Gasteiger partial charge in [-0.1, -0.05) is 12.1 Å². The van der Waals surface area contributed by atoms with Crippen LogP contribution in [0, 0.1) is 12.7 Å². The minimum Gasteiger partial charge on any atom is -0.293 e. The van der Waals surface area contributed by atoms with Crippen LogP contribution in [0.5, 0.6) is 0 Å². The van der Waals surface area contributed by atoms with Gasteiger partial charge in [-0.2, -0.15) is 14.6 Å². The van der Waals surface area contributed by atoms with E-state index in [4.69, 9.17) is 0 Å². The molecule has 5 rings (SSSR count). The fourth-order valence-electron chi connectivity index (χ4n) is 3.71. The molecular formula is C19H18FN7O. The number of halogens is 1. The Kier molecular flexibility index (Phi) is 3.83. The van der Waals surface area contributed by atoms with E-state index in [1.165, 1.54) is 16.6 Å². The lowest BCUT2D eigenvalue weighted by Gasteiger charge is -2.26. The first-order valence-electron chi connectivity index (χ1n) is 9.07. The van der Waals surface area contributed by atoms with Crippen molar-refractivity contribution in [1.82, 2.24) is 34.7 Å². The number of hydrogen-bond acceptors (Lipinski definition) is 5. The molecule has 1 aliphatic rings. The van der Waals surface area contributed by atoms with Crippen LogP contribution in [0.1, 0.15) is 22.8 Å². The average molecular weight is 379 g/mol. The summed E-state index contributed by atoms with van der Waals surface area (Å²) in [6, 6.07) is 8.17. The number of H-pyrrole nitrogens is 2.